The Morgan fingerprint density at radius 1 is 1.56 bits per heavy atom. The largest absolute Gasteiger partial charge is 0.343 e. The number of rotatable bonds is 2. The molecule has 1 N–H and O–H groups in total. The fraction of sp³-hybridized carbons (Fsp3) is 0. The van der Waals surface area contributed by atoms with Gasteiger partial charge in [-0.2, -0.15) is 0 Å². The minimum absolute atomic E-state index is 0.245. The molecule has 0 saturated carbocycles. The zero-order valence-electron chi connectivity index (χ0n) is 6.65. The Balaban J connectivity index is 3.03. The molecule has 1 aromatic rings. The zero-order chi connectivity index (χ0) is 8.32. The van der Waals surface area contributed by atoms with Crippen LogP contribution < -0.4 is 5.30 Å². The summed E-state index contributed by atoms with van der Waals surface area (Å²) in [6.45, 7) is 0. The third-order valence-electron chi connectivity index (χ3n) is 0.967. The lowest BCUT2D eigenvalue weighted by molar-refractivity contribution is 0.513. The summed E-state index contributed by atoms with van der Waals surface area (Å²) in [6, 6.07) is 8.04. The molecule has 0 radical (unpaired) electrons. The van der Waals surface area contributed by atoms with Crippen LogP contribution in [0.2, 0.25) is 0 Å². The van der Waals surface area contributed by atoms with Crippen molar-refractivity contribution >= 4 is 13.3 Å². The molecule has 0 aliphatic heterocycles. The lowest BCUT2D eigenvalue weighted by Gasteiger charge is -1.90. The van der Waals surface area contributed by atoms with Crippen LogP contribution in [0.25, 0.3) is 0 Å². The van der Waals surface area contributed by atoms with Gasteiger partial charge < -0.3 is 4.90 Å². The molecule has 1 aromatic carbocycles. The molecule has 9 heavy (non-hydrogen) atoms. The van der Waals surface area contributed by atoms with Crippen molar-refractivity contribution in [1.82, 2.24) is 0 Å². The monoisotopic (exact) mass is 144 g/mol. The Labute approximate surface area is 56.8 Å². The number of hydrogen-bond acceptors (Lipinski definition) is 2. The molecule has 0 fully saturated rings. The highest BCUT2D eigenvalue weighted by Crippen LogP contribution is 2.10. The summed E-state index contributed by atoms with van der Waals surface area (Å²) in [4.78, 5) is 3.80. The Morgan fingerprint density at radius 2 is 2.22 bits per heavy atom. The van der Waals surface area contributed by atoms with E-state index in [2.05, 4.69) is 4.90 Å². The molecule has 1 unspecified atom stereocenters. The van der Waals surface area contributed by atoms with E-state index in [1.54, 1.807) is 18.2 Å². The van der Waals surface area contributed by atoms with Gasteiger partial charge in [0.15, 0.2) is 0 Å². The van der Waals surface area contributed by atoms with Crippen molar-refractivity contribution in [2.45, 2.75) is 0 Å². The quantitative estimate of drug-likeness (QED) is 0.622. The molecule has 0 amide bonds. The molecular formula is C6H7O2P. The van der Waals surface area contributed by atoms with Gasteiger partial charge in [0.05, 0.1) is 0 Å². The lowest BCUT2D eigenvalue weighted by atomic mass is 10.4. The number of hydrogen-bond donors (Lipinski definition) is 1. The van der Waals surface area contributed by atoms with Gasteiger partial charge >= 0.3 is 0 Å². The van der Waals surface area contributed by atoms with Gasteiger partial charge in [0.2, 0.25) is 9.40 Å². The van der Waals surface area contributed by atoms with E-state index in [0.29, 0.717) is 0 Å². The third-order valence-corrected chi connectivity index (χ3v) is 1.69. The molecule has 0 aliphatic rings. The van der Waals surface area contributed by atoms with Crippen molar-refractivity contribution in [3.05, 3.63) is 30.3 Å². The van der Waals surface area contributed by atoms with Gasteiger partial charge in [-0.1, -0.05) is 18.2 Å². The molecule has 2 nitrogen and oxygen atoms in total. The molecule has 1 rings (SSSR count). The second-order valence-corrected chi connectivity index (χ2v) is 2.62. The summed E-state index contributed by atoms with van der Waals surface area (Å²) in [5.74, 6) is 0. The molecule has 0 bridgehead atoms. The van der Waals surface area contributed by atoms with Crippen LogP contribution in [0.15, 0.2) is 30.3 Å². The van der Waals surface area contributed by atoms with Gasteiger partial charge in [-0.3, -0.25) is 4.57 Å². The van der Waals surface area contributed by atoms with E-state index in [-0.39, 0.29) is 5.30 Å². The standard InChI is InChI=1S/C6H7O2P/c7-9(8)6-4-2-1-3-5-6/h1-5,9H,(H,7,8)/i9D/hD. The van der Waals surface area contributed by atoms with Crippen LogP contribution in [0.1, 0.15) is 0 Å². The fourth-order valence-corrected chi connectivity index (χ4v) is 0.965. The molecule has 0 aromatic heterocycles. The minimum atomic E-state index is -3.61. The third kappa shape index (κ3) is 1.67. The second kappa shape index (κ2) is 2.81. The summed E-state index contributed by atoms with van der Waals surface area (Å²) in [5, 5.41) is 0.245. The van der Waals surface area contributed by atoms with E-state index in [9.17, 15) is 4.57 Å². The predicted molar refractivity (Wildman–Crippen MR) is 37.3 cm³/mol. The van der Waals surface area contributed by atoms with Crippen molar-refractivity contribution in [3.63, 3.8) is 0 Å². The summed E-state index contributed by atoms with van der Waals surface area (Å²) >= 11 is 0. The molecule has 0 heterocycles. The summed E-state index contributed by atoms with van der Waals surface area (Å²) in [7, 11) is -3.61. The van der Waals surface area contributed by atoms with Crippen molar-refractivity contribution in [3.8, 4) is 0 Å². The Hall–Kier alpha value is -0.590. The van der Waals surface area contributed by atoms with Crippen LogP contribution in [-0.4, -0.2) is 7.61 Å². The van der Waals surface area contributed by atoms with Gasteiger partial charge in [0.25, 0.3) is 0 Å². The van der Waals surface area contributed by atoms with Gasteiger partial charge in [-0.05, 0) is 12.1 Å². The molecule has 1 atom stereocenters. The molecule has 0 spiro atoms. The van der Waals surface area contributed by atoms with Crippen LogP contribution >= 0.6 is 7.97 Å². The van der Waals surface area contributed by atoms with Crippen LogP contribution in [0, 0.1) is 0 Å². The predicted octanol–water partition coefficient (Wildman–Crippen LogP) is 0.779. The van der Waals surface area contributed by atoms with Gasteiger partial charge in [0, 0.05) is 5.30 Å². The van der Waals surface area contributed by atoms with Crippen molar-refractivity contribution in [2.24, 2.45) is 0 Å². The molecular weight excluding hydrogens is 135 g/mol. The highest BCUT2D eigenvalue weighted by Gasteiger charge is 1.92. The first kappa shape index (κ1) is 4.26. The highest BCUT2D eigenvalue weighted by molar-refractivity contribution is 7.47. The Morgan fingerprint density at radius 3 is 2.78 bits per heavy atom. The Kier molecular flexibility index (Phi) is 1.33. The maximum absolute atomic E-state index is 11.0. The zero-order valence-corrected chi connectivity index (χ0v) is 5.54. The Bertz CT molecular complexity index is 275. The van der Waals surface area contributed by atoms with Gasteiger partial charge in [-0.15, -0.1) is 0 Å². The molecule has 3 heteroatoms. The smallest absolute Gasteiger partial charge is 0.219 e. The second-order valence-electron chi connectivity index (χ2n) is 1.59. The molecule has 0 saturated heterocycles. The van der Waals surface area contributed by atoms with Crippen LogP contribution in [0.3, 0.4) is 0 Å². The summed E-state index contributed by atoms with van der Waals surface area (Å²) in [5.41, 5.74) is 0. The minimum Gasteiger partial charge on any atom is -0.343 e. The highest BCUT2D eigenvalue weighted by atomic mass is 31.1. The van der Waals surface area contributed by atoms with E-state index in [1.165, 1.54) is 12.1 Å². The van der Waals surface area contributed by atoms with Crippen LogP contribution in [0.5, 0.6) is 0 Å². The van der Waals surface area contributed by atoms with Crippen molar-refractivity contribution in [2.75, 3.05) is 0 Å². The lowest BCUT2D eigenvalue weighted by Crippen LogP contribution is -1.91. The first-order chi connectivity index (χ1) is 5.17. The summed E-state index contributed by atoms with van der Waals surface area (Å²) in [6.07, 6.45) is 0. The van der Waals surface area contributed by atoms with E-state index in [0.717, 1.165) is 0 Å². The van der Waals surface area contributed by atoms with Gasteiger partial charge in [-0.25, -0.2) is 0 Å². The first-order valence-corrected chi connectivity index (χ1v) is 3.68. The fourth-order valence-electron chi connectivity index (χ4n) is 0.550. The van der Waals surface area contributed by atoms with E-state index in [4.69, 9.17) is 2.71 Å². The van der Waals surface area contributed by atoms with E-state index >= 15 is 0 Å². The van der Waals surface area contributed by atoms with Crippen molar-refractivity contribution < 1.29 is 9.46 Å². The van der Waals surface area contributed by atoms with Crippen molar-refractivity contribution in [1.29, 1.82) is 2.71 Å². The normalized spacial score (nSPS) is 19.6. The average molecular weight is 144 g/mol. The first-order valence-electron chi connectivity index (χ1n) is 3.35. The van der Waals surface area contributed by atoms with E-state index in [1.807, 2.05) is 0 Å². The average Bonchev–Trinajstić information content (AvgIpc) is 2.06. The summed E-state index contributed by atoms with van der Waals surface area (Å²) < 4.78 is 24.5. The topological polar surface area (TPSA) is 37.3 Å². The SMILES string of the molecule is [2H]OP([2H])(=O)c1ccccc1. The van der Waals surface area contributed by atoms with E-state index < -0.39 is 7.97 Å². The van der Waals surface area contributed by atoms with Gasteiger partial charge in [0.1, 0.15) is 1.28 Å². The number of benzene rings is 1. The molecule has 0 aliphatic carbocycles. The maximum atomic E-state index is 11.0. The maximum Gasteiger partial charge on any atom is 0.219 e. The van der Waals surface area contributed by atoms with Crippen LogP contribution in [-0.2, 0) is 4.57 Å². The van der Waals surface area contributed by atoms with Crippen LogP contribution in [0.4, 0.5) is 0 Å². The molecule has 48 valence electrons.